The van der Waals surface area contributed by atoms with Gasteiger partial charge in [0.15, 0.2) is 6.10 Å². The first kappa shape index (κ1) is 71.8. The van der Waals surface area contributed by atoms with Gasteiger partial charge in [0.25, 0.3) is 0 Å². The second-order valence-electron chi connectivity index (χ2n) is 19.5. The first-order chi connectivity index (χ1) is 38.0. The third-order valence-electron chi connectivity index (χ3n) is 12.2. The van der Waals surface area contributed by atoms with Crippen LogP contribution in [0.5, 0.6) is 0 Å². The van der Waals surface area contributed by atoms with E-state index in [2.05, 4.69) is 179 Å². The Morgan fingerprint density at radius 1 is 0.273 bits per heavy atom. The summed E-state index contributed by atoms with van der Waals surface area (Å²) in [5, 5.41) is 0. The van der Waals surface area contributed by atoms with Gasteiger partial charge in [0, 0.05) is 12.8 Å². The average Bonchev–Trinajstić information content (AvgIpc) is 3.43. The molecule has 0 rings (SSSR count). The number of carbonyl (C=O) groups is 3. The Labute approximate surface area is 472 Å². The Morgan fingerprint density at radius 2 is 0.519 bits per heavy atom. The predicted molar refractivity (Wildman–Crippen MR) is 334 cm³/mol. The van der Waals surface area contributed by atoms with Crippen LogP contribution in [-0.2, 0) is 28.6 Å². The van der Waals surface area contributed by atoms with Crippen molar-refractivity contribution in [1.29, 1.82) is 0 Å². The molecule has 1 atom stereocenters. The molecule has 0 fully saturated rings. The SMILES string of the molecule is CC/C=C\C/C=C\C/C=C\C/C=C\C/C=C\CCCCCCCCCCCCCC(=O)OCC(COC(=O)C/C=C\C/C=C\C/C=C\C/C=C\C/C=C\CC)OC(=O)CCCCCC/C=C\C/C=C\C/C=C\C/C=C\CC. The summed E-state index contributed by atoms with van der Waals surface area (Å²) in [4.78, 5) is 38.2. The zero-order valence-corrected chi connectivity index (χ0v) is 49.1. The van der Waals surface area contributed by atoms with Gasteiger partial charge in [-0.05, 0) is 128 Å². The minimum atomic E-state index is -0.842. The molecule has 0 amide bonds. The molecule has 0 spiro atoms. The summed E-state index contributed by atoms with van der Waals surface area (Å²) in [7, 11) is 0. The van der Waals surface area contributed by atoms with Crippen molar-refractivity contribution in [2.45, 2.75) is 245 Å². The first-order valence-electron chi connectivity index (χ1n) is 30.6. The maximum atomic E-state index is 12.9. The van der Waals surface area contributed by atoms with Gasteiger partial charge >= 0.3 is 17.9 Å². The number of hydrogen-bond acceptors (Lipinski definition) is 6. The Kier molecular flexibility index (Phi) is 59.0. The Bertz CT molecular complexity index is 1790. The molecule has 77 heavy (non-hydrogen) atoms. The molecular formula is C71H110O6. The van der Waals surface area contributed by atoms with Crippen molar-refractivity contribution in [3.63, 3.8) is 0 Å². The van der Waals surface area contributed by atoms with E-state index in [0.717, 1.165) is 141 Å². The van der Waals surface area contributed by atoms with Gasteiger partial charge in [-0.1, -0.05) is 262 Å². The molecular weight excluding hydrogens is 949 g/mol. The van der Waals surface area contributed by atoms with Crippen LogP contribution >= 0.6 is 0 Å². The minimum absolute atomic E-state index is 0.113. The molecule has 430 valence electrons. The highest BCUT2D eigenvalue weighted by molar-refractivity contribution is 5.72. The third-order valence-corrected chi connectivity index (χ3v) is 12.2. The summed E-state index contributed by atoms with van der Waals surface area (Å²) in [6.45, 7) is 6.18. The molecule has 0 aromatic carbocycles. The molecule has 0 aliphatic carbocycles. The van der Waals surface area contributed by atoms with E-state index in [1.807, 2.05) is 6.08 Å². The number of hydrogen-bond donors (Lipinski definition) is 0. The smallest absolute Gasteiger partial charge is 0.309 e. The quantitative estimate of drug-likeness (QED) is 0.0261. The average molecular weight is 1060 g/mol. The van der Waals surface area contributed by atoms with Gasteiger partial charge in [0.1, 0.15) is 13.2 Å². The van der Waals surface area contributed by atoms with Crippen LogP contribution in [0.25, 0.3) is 0 Å². The third kappa shape index (κ3) is 61.5. The monoisotopic (exact) mass is 1060 g/mol. The van der Waals surface area contributed by atoms with Crippen LogP contribution in [0.4, 0.5) is 0 Å². The standard InChI is InChI=1S/C71H110O6/c1-4-7-10-13-16-19-22-25-28-30-31-32-33-34-35-36-37-38-39-41-43-46-49-52-55-58-61-64-70(73)76-67-68(66-75-69(72)63-60-57-54-51-48-45-42-27-24-21-18-15-12-9-6-3)77-71(74)65-62-59-56-53-50-47-44-40-29-26-23-20-17-14-11-8-5-2/h7-12,16-21,25-29,31-32,34-35,42,44,47-48,51,57,60,68H,4-6,13-15,22-24,30,33,36-41,43,45-46,49-50,52-56,58-59,61-67H2,1-3H3/b10-7-,11-8-,12-9-,19-16-,20-17-,21-18-,28-25-,29-26-,32-31-,35-34-,42-27-,47-44-,51-48-,60-57-. The van der Waals surface area contributed by atoms with Crippen molar-refractivity contribution in [2.75, 3.05) is 13.2 Å². The van der Waals surface area contributed by atoms with Crippen molar-refractivity contribution < 1.29 is 28.6 Å². The van der Waals surface area contributed by atoms with Gasteiger partial charge < -0.3 is 14.2 Å². The van der Waals surface area contributed by atoms with Gasteiger partial charge in [0.2, 0.25) is 0 Å². The maximum absolute atomic E-state index is 12.9. The number of carbonyl (C=O) groups excluding carboxylic acids is 3. The van der Waals surface area contributed by atoms with Crippen molar-refractivity contribution >= 4 is 17.9 Å². The highest BCUT2D eigenvalue weighted by atomic mass is 16.6. The zero-order chi connectivity index (χ0) is 55.7. The Morgan fingerprint density at radius 3 is 0.844 bits per heavy atom. The molecule has 0 bridgehead atoms. The molecule has 0 saturated heterocycles. The second kappa shape index (κ2) is 63.3. The summed E-state index contributed by atoms with van der Waals surface area (Å²) in [6, 6.07) is 0. The van der Waals surface area contributed by atoms with Crippen molar-refractivity contribution in [3.05, 3.63) is 170 Å². The number of esters is 3. The normalized spacial score (nSPS) is 13.3. The van der Waals surface area contributed by atoms with Crippen LogP contribution in [0.2, 0.25) is 0 Å². The van der Waals surface area contributed by atoms with Crippen molar-refractivity contribution in [1.82, 2.24) is 0 Å². The molecule has 0 aromatic heterocycles. The molecule has 0 aliphatic rings. The maximum Gasteiger partial charge on any atom is 0.309 e. The van der Waals surface area contributed by atoms with Crippen LogP contribution in [0.1, 0.15) is 239 Å². The number of allylic oxidation sites excluding steroid dienone is 27. The molecule has 0 saturated carbocycles. The van der Waals surface area contributed by atoms with Crippen LogP contribution in [-0.4, -0.2) is 37.2 Å². The van der Waals surface area contributed by atoms with Crippen molar-refractivity contribution in [3.8, 4) is 0 Å². The lowest BCUT2D eigenvalue weighted by Crippen LogP contribution is -2.30. The number of rotatable bonds is 53. The summed E-state index contributed by atoms with van der Waals surface area (Å²) in [5.74, 6) is -1.10. The zero-order valence-electron chi connectivity index (χ0n) is 49.1. The van der Waals surface area contributed by atoms with Gasteiger partial charge in [-0.25, -0.2) is 0 Å². The molecule has 0 radical (unpaired) electrons. The Balaban J connectivity index is 4.46. The van der Waals surface area contributed by atoms with Crippen LogP contribution in [0.3, 0.4) is 0 Å². The lowest BCUT2D eigenvalue weighted by molar-refractivity contribution is -0.166. The largest absolute Gasteiger partial charge is 0.462 e. The van der Waals surface area contributed by atoms with E-state index in [9.17, 15) is 14.4 Å². The van der Waals surface area contributed by atoms with E-state index < -0.39 is 12.1 Å². The summed E-state index contributed by atoms with van der Waals surface area (Å²) >= 11 is 0. The predicted octanol–water partition coefficient (Wildman–Crippen LogP) is 21.1. The van der Waals surface area contributed by atoms with E-state index in [4.69, 9.17) is 14.2 Å². The lowest BCUT2D eigenvalue weighted by Gasteiger charge is -2.18. The first-order valence-corrected chi connectivity index (χ1v) is 30.6. The van der Waals surface area contributed by atoms with Crippen LogP contribution in [0, 0.1) is 0 Å². The molecule has 0 heterocycles. The number of ether oxygens (including phenoxy) is 3. The van der Waals surface area contributed by atoms with Gasteiger partial charge in [-0.15, -0.1) is 0 Å². The number of unbranched alkanes of at least 4 members (excludes halogenated alkanes) is 15. The van der Waals surface area contributed by atoms with Gasteiger partial charge in [-0.3, -0.25) is 14.4 Å². The highest BCUT2D eigenvalue weighted by Gasteiger charge is 2.19. The summed E-state index contributed by atoms with van der Waals surface area (Å²) < 4.78 is 16.8. The van der Waals surface area contributed by atoms with Crippen LogP contribution < -0.4 is 0 Å². The van der Waals surface area contributed by atoms with E-state index in [-0.39, 0.29) is 38.0 Å². The van der Waals surface area contributed by atoms with Gasteiger partial charge in [-0.2, -0.15) is 0 Å². The topological polar surface area (TPSA) is 78.9 Å². The lowest BCUT2D eigenvalue weighted by atomic mass is 10.0. The minimum Gasteiger partial charge on any atom is -0.462 e. The molecule has 6 heteroatoms. The van der Waals surface area contributed by atoms with E-state index >= 15 is 0 Å². The molecule has 6 nitrogen and oxygen atoms in total. The fourth-order valence-electron chi connectivity index (χ4n) is 7.77. The summed E-state index contributed by atoms with van der Waals surface area (Å²) in [6.07, 6.45) is 93.8. The fraction of sp³-hybridized carbons (Fsp3) is 0.563. The van der Waals surface area contributed by atoms with E-state index in [1.54, 1.807) is 6.08 Å². The molecule has 0 aromatic rings. The molecule has 1 unspecified atom stereocenters. The van der Waals surface area contributed by atoms with Crippen LogP contribution in [0.15, 0.2) is 170 Å². The fourth-order valence-corrected chi connectivity index (χ4v) is 7.77. The second-order valence-corrected chi connectivity index (χ2v) is 19.5. The highest BCUT2D eigenvalue weighted by Crippen LogP contribution is 2.14. The van der Waals surface area contributed by atoms with Crippen molar-refractivity contribution in [2.24, 2.45) is 0 Å². The molecule has 0 aliphatic heterocycles. The van der Waals surface area contributed by atoms with E-state index in [1.165, 1.54) is 57.8 Å². The van der Waals surface area contributed by atoms with Gasteiger partial charge in [0.05, 0.1) is 6.42 Å². The Hall–Kier alpha value is -5.23. The summed E-state index contributed by atoms with van der Waals surface area (Å²) in [5.41, 5.74) is 0. The van der Waals surface area contributed by atoms with E-state index in [0.29, 0.717) is 6.42 Å². The molecule has 0 N–H and O–H groups in total.